The van der Waals surface area contributed by atoms with Gasteiger partial charge in [0.1, 0.15) is 0 Å². The zero-order chi connectivity index (χ0) is 24.2. The van der Waals surface area contributed by atoms with Crippen molar-refractivity contribution in [2.75, 3.05) is 39.3 Å². The van der Waals surface area contributed by atoms with Gasteiger partial charge in [-0.25, -0.2) is 0 Å². The fourth-order valence-electron chi connectivity index (χ4n) is 6.70. The van der Waals surface area contributed by atoms with Crippen LogP contribution in [0.1, 0.15) is 67.5 Å². The van der Waals surface area contributed by atoms with Crippen LogP contribution in [0.2, 0.25) is 0 Å². The van der Waals surface area contributed by atoms with Gasteiger partial charge < -0.3 is 4.90 Å². The highest BCUT2D eigenvalue weighted by molar-refractivity contribution is 5.79. The average Bonchev–Trinajstić information content (AvgIpc) is 3.12. The van der Waals surface area contributed by atoms with Gasteiger partial charge in [-0.15, -0.1) is 0 Å². The maximum Gasteiger partial charge on any atom is 0.225 e. The molecule has 0 spiro atoms. The number of carbonyl (C=O) groups excluding carboxylic acids is 1. The van der Waals surface area contributed by atoms with Gasteiger partial charge in [0.15, 0.2) is 0 Å². The molecule has 1 unspecified atom stereocenters. The largest absolute Gasteiger partial charge is 0.342 e. The van der Waals surface area contributed by atoms with Crippen molar-refractivity contribution in [2.24, 2.45) is 5.92 Å². The molecule has 5 heteroatoms. The van der Waals surface area contributed by atoms with E-state index in [9.17, 15) is 4.79 Å². The molecule has 2 aromatic rings. The fourth-order valence-corrected chi connectivity index (χ4v) is 6.70. The Labute approximate surface area is 211 Å². The van der Waals surface area contributed by atoms with Gasteiger partial charge in [-0.3, -0.25) is 19.6 Å². The number of likely N-dealkylation sites (tertiary alicyclic amines) is 2. The number of hydrogen-bond acceptors (Lipinski definition) is 4. The summed E-state index contributed by atoms with van der Waals surface area (Å²) in [6, 6.07) is 14.4. The third kappa shape index (κ3) is 5.62. The Hall–Kier alpha value is -2.24. The molecule has 0 radical (unpaired) electrons. The Morgan fingerprint density at radius 3 is 2.20 bits per heavy atom. The van der Waals surface area contributed by atoms with E-state index < -0.39 is 0 Å². The summed E-state index contributed by atoms with van der Waals surface area (Å²) >= 11 is 0. The summed E-state index contributed by atoms with van der Waals surface area (Å²) < 4.78 is 0. The zero-order valence-corrected chi connectivity index (χ0v) is 21.7. The highest BCUT2D eigenvalue weighted by Gasteiger charge is 2.34. The first-order chi connectivity index (χ1) is 17.1. The smallest absolute Gasteiger partial charge is 0.225 e. The van der Waals surface area contributed by atoms with Crippen LogP contribution in [0.25, 0.3) is 0 Å². The van der Waals surface area contributed by atoms with Gasteiger partial charge in [0.05, 0.1) is 0 Å². The number of carbonyl (C=O) groups is 1. The second kappa shape index (κ2) is 11.2. The second-order valence-electron chi connectivity index (χ2n) is 10.8. The summed E-state index contributed by atoms with van der Waals surface area (Å²) in [5, 5.41) is 0. The first-order valence-electron chi connectivity index (χ1n) is 13.9. The normalized spacial score (nSPS) is 21.9. The van der Waals surface area contributed by atoms with Gasteiger partial charge >= 0.3 is 0 Å². The van der Waals surface area contributed by atoms with Gasteiger partial charge in [0.2, 0.25) is 5.91 Å². The number of amides is 1. The lowest BCUT2D eigenvalue weighted by molar-refractivity contribution is -0.139. The van der Waals surface area contributed by atoms with Crippen molar-refractivity contribution in [2.45, 2.75) is 70.9 Å². The highest BCUT2D eigenvalue weighted by atomic mass is 16.2. The molecule has 0 aliphatic carbocycles. The number of aryl methyl sites for hydroxylation is 1. The lowest BCUT2D eigenvalue weighted by Gasteiger charge is -2.41. The van der Waals surface area contributed by atoms with Crippen LogP contribution in [-0.2, 0) is 17.6 Å². The molecule has 1 aromatic heterocycles. The Bertz CT molecular complexity index is 964. The molecular formula is C30H42N4O. The lowest BCUT2D eigenvalue weighted by atomic mass is 9.91. The molecule has 1 amide bonds. The number of aromatic nitrogens is 1. The number of benzene rings is 1. The Balaban J connectivity index is 1.10. The standard InChI is InChI=1S/C30H42N4O/c1-3-29(27-8-15-31-23(2)22-27)33-18-11-26(12-19-33)30(35)34-20-13-28(14-21-34)32-16-9-24-6-4-5-7-25(24)10-17-32/h4-8,15,22,26,28-29H,3,9-14,16-21H2,1-2H3. The van der Waals surface area contributed by atoms with Crippen molar-refractivity contribution in [1.29, 1.82) is 0 Å². The Morgan fingerprint density at radius 1 is 0.943 bits per heavy atom. The summed E-state index contributed by atoms with van der Waals surface area (Å²) in [6.07, 6.45) is 9.57. The topological polar surface area (TPSA) is 39.7 Å². The van der Waals surface area contributed by atoms with Crippen molar-refractivity contribution in [1.82, 2.24) is 19.7 Å². The first kappa shape index (κ1) is 24.5. The van der Waals surface area contributed by atoms with Crippen LogP contribution in [0, 0.1) is 12.8 Å². The molecule has 188 valence electrons. The molecule has 0 saturated carbocycles. The van der Waals surface area contributed by atoms with Crippen LogP contribution < -0.4 is 0 Å². The van der Waals surface area contributed by atoms with Gasteiger partial charge in [-0.1, -0.05) is 31.2 Å². The molecule has 2 fully saturated rings. The third-order valence-electron chi connectivity index (χ3n) is 8.76. The number of nitrogens with zero attached hydrogens (tertiary/aromatic N) is 4. The number of pyridine rings is 1. The van der Waals surface area contributed by atoms with Crippen LogP contribution in [0.3, 0.4) is 0 Å². The van der Waals surface area contributed by atoms with Crippen LogP contribution in [-0.4, -0.2) is 70.9 Å². The quantitative estimate of drug-likeness (QED) is 0.633. The van der Waals surface area contributed by atoms with Crippen molar-refractivity contribution in [3.05, 3.63) is 65.0 Å². The van der Waals surface area contributed by atoms with E-state index in [-0.39, 0.29) is 5.92 Å². The van der Waals surface area contributed by atoms with Crippen molar-refractivity contribution < 1.29 is 4.79 Å². The first-order valence-corrected chi connectivity index (χ1v) is 13.9. The number of rotatable bonds is 5. The van der Waals surface area contributed by atoms with E-state index >= 15 is 0 Å². The van der Waals surface area contributed by atoms with Gasteiger partial charge in [-0.05, 0) is 93.8 Å². The number of piperidine rings is 2. The zero-order valence-electron chi connectivity index (χ0n) is 21.7. The van der Waals surface area contributed by atoms with Crippen LogP contribution in [0.4, 0.5) is 0 Å². The maximum atomic E-state index is 13.4. The third-order valence-corrected chi connectivity index (χ3v) is 8.76. The summed E-state index contributed by atoms with van der Waals surface area (Å²) in [6.45, 7) is 10.5. The van der Waals surface area contributed by atoms with Crippen molar-refractivity contribution in [3.63, 3.8) is 0 Å². The SMILES string of the molecule is CCC(c1ccnc(C)c1)N1CCC(C(=O)N2CCC(N3CCc4ccccc4CC3)CC2)CC1. The van der Waals surface area contributed by atoms with Gasteiger partial charge in [0, 0.05) is 56.1 Å². The molecule has 0 bridgehead atoms. The fraction of sp³-hybridized carbons (Fsp3) is 0.600. The monoisotopic (exact) mass is 474 g/mol. The lowest BCUT2D eigenvalue weighted by Crippen LogP contribution is -2.50. The van der Waals surface area contributed by atoms with Crippen LogP contribution in [0.5, 0.6) is 0 Å². The van der Waals surface area contributed by atoms with Crippen molar-refractivity contribution >= 4 is 5.91 Å². The number of hydrogen-bond donors (Lipinski definition) is 0. The van der Waals surface area contributed by atoms with Crippen molar-refractivity contribution in [3.8, 4) is 0 Å². The molecule has 2 saturated heterocycles. The average molecular weight is 475 g/mol. The minimum atomic E-state index is 0.201. The molecule has 0 N–H and O–H groups in total. The Kier molecular flexibility index (Phi) is 7.84. The van der Waals surface area contributed by atoms with Crippen LogP contribution in [0.15, 0.2) is 42.6 Å². The molecule has 5 nitrogen and oxygen atoms in total. The van der Waals surface area contributed by atoms with E-state index in [1.54, 1.807) is 0 Å². The molecule has 4 heterocycles. The maximum absolute atomic E-state index is 13.4. The van der Waals surface area contributed by atoms with E-state index in [0.29, 0.717) is 18.0 Å². The second-order valence-corrected chi connectivity index (χ2v) is 10.8. The van der Waals surface area contributed by atoms with Crippen LogP contribution >= 0.6 is 0 Å². The predicted molar refractivity (Wildman–Crippen MR) is 141 cm³/mol. The highest BCUT2D eigenvalue weighted by Crippen LogP contribution is 2.31. The molecule has 5 rings (SSSR count). The van der Waals surface area contributed by atoms with E-state index in [2.05, 4.69) is 69.9 Å². The Morgan fingerprint density at radius 2 is 1.60 bits per heavy atom. The minimum Gasteiger partial charge on any atom is -0.342 e. The molecule has 3 aliphatic heterocycles. The predicted octanol–water partition coefficient (Wildman–Crippen LogP) is 4.64. The summed E-state index contributed by atoms with van der Waals surface area (Å²) in [4.78, 5) is 25.2. The van der Waals surface area contributed by atoms with E-state index in [0.717, 1.165) is 89.9 Å². The molecular weight excluding hydrogens is 432 g/mol. The molecule has 1 aromatic carbocycles. The van der Waals surface area contributed by atoms with E-state index in [1.807, 2.05) is 6.20 Å². The van der Waals surface area contributed by atoms with E-state index in [1.165, 1.54) is 16.7 Å². The molecule has 1 atom stereocenters. The summed E-state index contributed by atoms with van der Waals surface area (Å²) in [7, 11) is 0. The molecule has 35 heavy (non-hydrogen) atoms. The number of fused-ring (bicyclic) bond motifs is 1. The van der Waals surface area contributed by atoms with Gasteiger partial charge in [0.25, 0.3) is 0 Å². The van der Waals surface area contributed by atoms with Gasteiger partial charge in [-0.2, -0.15) is 0 Å². The molecule has 3 aliphatic rings. The van der Waals surface area contributed by atoms with E-state index in [4.69, 9.17) is 0 Å². The minimum absolute atomic E-state index is 0.201. The summed E-state index contributed by atoms with van der Waals surface area (Å²) in [5.41, 5.74) is 5.50. The summed E-state index contributed by atoms with van der Waals surface area (Å²) in [5.74, 6) is 0.617.